The molecule has 216 valence electrons. The van der Waals surface area contributed by atoms with Crippen molar-refractivity contribution in [2.75, 3.05) is 19.8 Å². The number of carbonyl (C=O) groups is 1. The largest absolute Gasteiger partial charge is 0.462 e. The number of hydrogen-bond acceptors (Lipinski definition) is 6. The second-order valence-electron chi connectivity index (χ2n) is 11.2. The monoisotopic (exact) mass is 627 g/mol. The number of ether oxygens (including phenoxy) is 3. The van der Waals surface area contributed by atoms with Crippen LogP contribution in [0, 0.1) is 10.8 Å². The molecule has 1 heterocycles. The molecule has 4 aromatic rings. The highest BCUT2D eigenvalue weighted by atomic mass is 79.9. The van der Waals surface area contributed by atoms with E-state index in [1.807, 2.05) is 43.3 Å². The summed E-state index contributed by atoms with van der Waals surface area (Å²) in [6.45, 7) is 9.76. The van der Waals surface area contributed by atoms with E-state index < -0.39 is 5.97 Å². The molecular weight excluding hydrogens is 594 g/mol. The lowest BCUT2D eigenvalue weighted by atomic mass is 9.82. The third-order valence-corrected chi connectivity index (χ3v) is 7.60. The summed E-state index contributed by atoms with van der Waals surface area (Å²) in [5.41, 5.74) is 4.13. The van der Waals surface area contributed by atoms with Crippen molar-refractivity contribution < 1.29 is 19.0 Å². The fourth-order valence-electron chi connectivity index (χ4n) is 5.16. The molecule has 0 radical (unpaired) electrons. The molecule has 8 heteroatoms. The van der Waals surface area contributed by atoms with E-state index in [4.69, 9.17) is 25.0 Å². The lowest BCUT2D eigenvalue weighted by molar-refractivity contribution is 0.0452. The molecule has 0 atom stereocenters. The first-order valence-electron chi connectivity index (χ1n) is 14.0. The lowest BCUT2D eigenvalue weighted by Gasteiger charge is -2.26. The van der Waals surface area contributed by atoms with Gasteiger partial charge in [-0.2, -0.15) is 0 Å². The van der Waals surface area contributed by atoms with Crippen LogP contribution in [0.25, 0.3) is 21.9 Å². The van der Waals surface area contributed by atoms with Crippen LogP contribution in [0.15, 0.2) is 71.2 Å². The normalized spacial score (nSPS) is 12.8. The number of fused-ring (bicyclic) bond motifs is 2. The van der Waals surface area contributed by atoms with E-state index >= 15 is 0 Å². The van der Waals surface area contributed by atoms with Crippen LogP contribution in [0.5, 0.6) is 11.5 Å². The summed E-state index contributed by atoms with van der Waals surface area (Å²) in [5.74, 6) is 1.09. The van der Waals surface area contributed by atoms with Gasteiger partial charge in [0.2, 0.25) is 0 Å². The Bertz CT molecular complexity index is 1710. The molecule has 0 saturated heterocycles. The van der Waals surface area contributed by atoms with Gasteiger partial charge in [-0.3, -0.25) is 10.8 Å². The zero-order chi connectivity index (χ0) is 30.0. The number of hydrogen-bond donors (Lipinski definition) is 3. The average Bonchev–Trinajstić information content (AvgIpc) is 3.23. The number of benzene rings is 4. The van der Waals surface area contributed by atoms with E-state index in [1.54, 1.807) is 18.2 Å². The van der Waals surface area contributed by atoms with Gasteiger partial charge in [-0.15, -0.1) is 0 Å². The summed E-state index contributed by atoms with van der Waals surface area (Å²) in [4.78, 5) is 12.8. The Morgan fingerprint density at radius 2 is 1.71 bits per heavy atom. The van der Waals surface area contributed by atoms with Gasteiger partial charge in [0.25, 0.3) is 0 Å². The Labute approximate surface area is 254 Å². The molecule has 1 aliphatic heterocycles. The zero-order valence-corrected chi connectivity index (χ0v) is 25.8. The van der Waals surface area contributed by atoms with Gasteiger partial charge in [-0.1, -0.05) is 67.0 Å². The van der Waals surface area contributed by atoms with E-state index in [1.165, 1.54) is 0 Å². The van der Waals surface area contributed by atoms with Crippen molar-refractivity contribution in [2.24, 2.45) is 0 Å². The van der Waals surface area contributed by atoms with E-state index in [9.17, 15) is 4.79 Å². The van der Waals surface area contributed by atoms with Gasteiger partial charge >= 0.3 is 5.97 Å². The highest BCUT2D eigenvalue weighted by Gasteiger charge is 2.31. The Morgan fingerprint density at radius 3 is 2.45 bits per heavy atom. The first kappa shape index (κ1) is 29.5. The first-order chi connectivity index (χ1) is 20.1. The maximum atomic E-state index is 12.8. The van der Waals surface area contributed by atoms with Crippen molar-refractivity contribution in [1.82, 2.24) is 5.32 Å². The summed E-state index contributed by atoms with van der Waals surface area (Å²) < 4.78 is 18.4. The molecule has 0 fully saturated rings. The maximum Gasteiger partial charge on any atom is 0.338 e. The molecule has 0 unspecified atom stereocenters. The Morgan fingerprint density at radius 1 is 0.929 bits per heavy atom. The summed E-state index contributed by atoms with van der Waals surface area (Å²) in [7, 11) is 0. The molecule has 0 bridgehead atoms. The second-order valence-corrected chi connectivity index (χ2v) is 12.1. The van der Waals surface area contributed by atoms with Crippen molar-refractivity contribution in [1.29, 1.82) is 10.8 Å². The van der Waals surface area contributed by atoms with Gasteiger partial charge in [0.05, 0.1) is 12.2 Å². The van der Waals surface area contributed by atoms with Crippen molar-refractivity contribution >= 4 is 44.3 Å². The highest BCUT2D eigenvalue weighted by Crippen LogP contribution is 2.47. The number of amidine groups is 2. The van der Waals surface area contributed by atoms with Crippen LogP contribution >= 0.6 is 15.9 Å². The predicted molar refractivity (Wildman–Crippen MR) is 170 cm³/mol. The minimum absolute atomic E-state index is 0.174. The Hall–Kier alpha value is -4.01. The van der Waals surface area contributed by atoms with E-state index in [0.717, 1.165) is 31.9 Å². The van der Waals surface area contributed by atoms with Crippen molar-refractivity contribution in [3.63, 3.8) is 0 Å². The molecule has 4 aromatic carbocycles. The van der Waals surface area contributed by atoms with E-state index in [0.29, 0.717) is 47.8 Å². The first-order valence-corrected chi connectivity index (χ1v) is 14.8. The van der Waals surface area contributed by atoms with Crippen LogP contribution in [-0.2, 0) is 14.9 Å². The molecule has 0 aromatic heterocycles. The Balaban J connectivity index is 1.67. The average molecular weight is 629 g/mol. The topological polar surface area (TPSA) is 104 Å². The SMILES string of the molecule is CCOCCCOC(=O)c1cccc(Oc2c(C(C)(C)C)ccc3cc4c(c(-c5cccc(Br)c5)c23)C(=N)NC4=N)c1. The molecule has 3 N–H and O–H groups in total. The second kappa shape index (κ2) is 12.1. The highest BCUT2D eigenvalue weighted by molar-refractivity contribution is 9.10. The fraction of sp³-hybridized carbons (Fsp3) is 0.265. The van der Waals surface area contributed by atoms with Gasteiger partial charge in [0.1, 0.15) is 23.2 Å². The third kappa shape index (κ3) is 5.96. The van der Waals surface area contributed by atoms with Gasteiger partial charge in [0, 0.05) is 51.7 Å². The molecule has 0 saturated carbocycles. The van der Waals surface area contributed by atoms with Crippen LogP contribution < -0.4 is 10.1 Å². The number of halogens is 1. The maximum absolute atomic E-state index is 12.8. The van der Waals surface area contributed by atoms with Crippen LogP contribution in [0.2, 0.25) is 0 Å². The molecule has 0 aliphatic carbocycles. The Kier molecular flexibility index (Phi) is 8.48. The number of rotatable bonds is 9. The van der Waals surface area contributed by atoms with Crippen LogP contribution in [0.1, 0.15) is 61.2 Å². The molecule has 1 aliphatic rings. The molecule has 42 heavy (non-hydrogen) atoms. The number of carbonyl (C=O) groups excluding carboxylic acids is 1. The van der Waals surface area contributed by atoms with Crippen molar-refractivity contribution in [2.45, 2.75) is 39.5 Å². The van der Waals surface area contributed by atoms with Crippen molar-refractivity contribution in [3.8, 4) is 22.6 Å². The fourth-order valence-corrected chi connectivity index (χ4v) is 5.56. The van der Waals surface area contributed by atoms with E-state index in [2.05, 4.69) is 54.2 Å². The summed E-state index contributed by atoms with van der Waals surface area (Å²) in [6.07, 6.45) is 0.630. The quantitative estimate of drug-likeness (QED) is 0.128. The minimum Gasteiger partial charge on any atom is -0.462 e. The predicted octanol–water partition coefficient (Wildman–Crippen LogP) is 8.20. The molecule has 5 rings (SSSR count). The van der Waals surface area contributed by atoms with Crippen LogP contribution in [0.3, 0.4) is 0 Å². The summed E-state index contributed by atoms with van der Waals surface area (Å²) in [6, 6.07) is 21.0. The van der Waals surface area contributed by atoms with Crippen LogP contribution in [-0.4, -0.2) is 37.5 Å². The molecule has 7 nitrogen and oxygen atoms in total. The van der Waals surface area contributed by atoms with Crippen LogP contribution in [0.4, 0.5) is 0 Å². The van der Waals surface area contributed by atoms with E-state index in [-0.39, 0.29) is 23.7 Å². The van der Waals surface area contributed by atoms with Crippen molar-refractivity contribution in [3.05, 3.63) is 93.5 Å². The summed E-state index contributed by atoms with van der Waals surface area (Å²) >= 11 is 3.61. The number of nitrogens with one attached hydrogen (secondary N) is 3. The molecular formula is C34H34BrN3O4. The lowest BCUT2D eigenvalue weighted by Crippen LogP contribution is -2.20. The standard InChI is InChI=1S/C34H34BrN3O4/c1-5-40-15-8-16-41-33(39)22-10-7-12-24(18-22)42-30-26(34(2,3)4)14-13-21-19-25-29(32(37)38-31(25)36)27(28(21)30)20-9-6-11-23(35)17-20/h6-7,9-14,17-19H,5,8,15-16H2,1-4H3,(H3,36,37,38). The summed E-state index contributed by atoms with van der Waals surface area (Å²) in [5, 5.41) is 21.9. The van der Waals surface area contributed by atoms with Gasteiger partial charge in [-0.25, -0.2) is 4.79 Å². The molecule has 0 amide bonds. The third-order valence-electron chi connectivity index (χ3n) is 7.11. The van der Waals surface area contributed by atoms with Gasteiger partial charge in [-0.05, 0) is 59.7 Å². The van der Waals surface area contributed by atoms with Gasteiger partial charge in [0.15, 0.2) is 0 Å². The zero-order valence-electron chi connectivity index (χ0n) is 24.2. The minimum atomic E-state index is -0.420. The van der Waals surface area contributed by atoms with Gasteiger partial charge < -0.3 is 19.5 Å². The smallest absolute Gasteiger partial charge is 0.338 e. The molecule has 0 spiro atoms. The number of esters is 1.